The molecule has 0 radical (unpaired) electrons. The lowest BCUT2D eigenvalue weighted by Crippen LogP contribution is -2.48. The summed E-state index contributed by atoms with van der Waals surface area (Å²) in [6.07, 6.45) is 0.117. The normalized spacial score (nSPS) is 11.4. The number of rotatable bonds is 11. The minimum atomic E-state index is -0.676. The van der Waals surface area contributed by atoms with Gasteiger partial charge in [-0.05, 0) is 54.8 Å². The number of carbonyl (C=O) groups is 2. The molecule has 0 unspecified atom stereocenters. The highest BCUT2D eigenvalue weighted by Crippen LogP contribution is 2.28. The maximum atomic E-state index is 13.5. The van der Waals surface area contributed by atoms with Crippen LogP contribution in [0.5, 0.6) is 17.2 Å². The molecule has 2 amide bonds. The van der Waals surface area contributed by atoms with Crippen LogP contribution < -0.4 is 19.5 Å². The summed E-state index contributed by atoms with van der Waals surface area (Å²) in [5, 5.41) is 2.97. The Morgan fingerprint density at radius 2 is 1.42 bits per heavy atom. The summed E-state index contributed by atoms with van der Waals surface area (Å²) in [7, 11) is 4.73. The Bertz CT molecular complexity index is 1160. The molecule has 0 heterocycles. The van der Waals surface area contributed by atoms with Crippen molar-refractivity contribution in [1.29, 1.82) is 0 Å². The van der Waals surface area contributed by atoms with E-state index in [-0.39, 0.29) is 24.8 Å². The molecule has 3 rings (SSSR count). The molecule has 0 aliphatic heterocycles. The van der Waals surface area contributed by atoms with Crippen LogP contribution in [0, 0.1) is 6.92 Å². The minimum absolute atomic E-state index is 0.117. The van der Waals surface area contributed by atoms with Gasteiger partial charge in [-0.15, -0.1) is 0 Å². The molecule has 0 aromatic heterocycles. The third kappa shape index (κ3) is 7.01. The van der Waals surface area contributed by atoms with Crippen molar-refractivity contribution in [2.75, 3.05) is 21.3 Å². The van der Waals surface area contributed by atoms with Crippen molar-refractivity contribution in [1.82, 2.24) is 10.2 Å². The monoisotopic (exact) mass is 490 g/mol. The Morgan fingerprint density at radius 1 is 0.806 bits per heavy atom. The first-order chi connectivity index (χ1) is 17.3. The number of methoxy groups -OCH3 is 3. The third-order valence-electron chi connectivity index (χ3n) is 6.07. The fourth-order valence-corrected chi connectivity index (χ4v) is 3.82. The molecule has 7 heteroatoms. The van der Waals surface area contributed by atoms with Crippen LogP contribution in [-0.2, 0) is 29.1 Å². The number of hydrogen-bond acceptors (Lipinski definition) is 5. The van der Waals surface area contributed by atoms with Gasteiger partial charge in [0.1, 0.15) is 11.8 Å². The predicted octanol–water partition coefficient (Wildman–Crippen LogP) is 4.30. The van der Waals surface area contributed by atoms with Gasteiger partial charge in [0.25, 0.3) is 0 Å². The largest absolute Gasteiger partial charge is 0.497 e. The molecule has 0 spiro atoms. The second kappa shape index (κ2) is 12.6. The summed E-state index contributed by atoms with van der Waals surface area (Å²) in [4.78, 5) is 28.2. The lowest BCUT2D eigenvalue weighted by molar-refractivity contribution is -0.140. The standard InChI is InChI=1S/C29H34N2O5/c1-20-6-8-22(9-7-20)18-30-29(33)21(2)31(19-23-10-13-25(34-3)14-11-23)28(32)17-24-12-15-26(35-4)27(16-24)36-5/h6-16,21H,17-19H2,1-5H3,(H,30,33)/t21-/m0/s1. The molecule has 7 nitrogen and oxygen atoms in total. The summed E-state index contributed by atoms with van der Waals surface area (Å²) >= 11 is 0. The molecule has 190 valence electrons. The van der Waals surface area contributed by atoms with Crippen molar-refractivity contribution in [3.05, 3.63) is 89.0 Å². The minimum Gasteiger partial charge on any atom is -0.497 e. The maximum absolute atomic E-state index is 13.5. The van der Waals surface area contributed by atoms with Gasteiger partial charge < -0.3 is 24.4 Å². The van der Waals surface area contributed by atoms with Crippen LogP contribution in [0.2, 0.25) is 0 Å². The van der Waals surface area contributed by atoms with Crippen molar-refractivity contribution in [2.24, 2.45) is 0 Å². The van der Waals surface area contributed by atoms with Crippen LogP contribution in [0.4, 0.5) is 0 Å². The summed E-state index contributed by atoms with van der Waals surface area (Å²) in [5.74, 6) is 1.48. The fourth-order valence-electron chi connectivity index (χ4n) is 3.82. The Morgan fingerprint density at radius 3 is 2.03 bits per heavy atom. The Labute approximate surface area is 213 Å². The Balaban J connectivity index is 1.78. The van der Waals surface area contributed by atoms with Crippen LogP contribution >= 0.6 is 0 Å². The quantitative estimate of drug-likeness (QED) is 0.434. The van der Waals surface area contributed by atoms with E-state index in [0.29, 0.717) is 18.0 Å². The van der Waals surface area contributed by atoms with Gasteiger partial charge in [-0.25, -0.2) is 0 Å². The molecule has 1 atom stereocenters. The number of ether oxygens (including phenoxy) is 3. The summed E-state index contributed by atoms with van der Waals surface area (Å²) in [5.41, 5.74) is 3.82. The number of carbonyl (C=O) groups excluding carboxylic acids is 2. The zero-order valence-electron chi connectivity index (χ0n) is 21.5. The van der Waals surface area contributed by atoms with Gasteiger partial charge in [-0.1, -0.05) is 48.0 Å². The summed E-state index contributed by atoms with van der Waals surface area (Å²) < 4.78 is 15.9. The molecule has 0 bridgehead atoms. The molecule has 0 saturated carbocycles. The second-order valence-corrected chi connectivity index (χ2v) is 8.62. The maximum Gasteiger partial charge on any atom is 0.242 e. The van der Waals surface area contributed by atoms with E-state index in [1.807, 2.05) is 61.5 Å². The number of aryl methyl sites for hydroxylation is 1. The highest BCUT2D eigenvalue weighted by Gasteiger charge is 2.26. The number of hydrogen-bond donors (Lipinski definition) is 1. The molecular weight excluding hydrogens is 456 g/mol. The van der Waals surface area contributed by atoms with Crippen molar-refractivity contribution in [2.45, 2.75) is 39.4 Å². The van der Waals surface area contributed by atoms with E-state index in [1.165, 1.54) is 0 Å². The first-order valence-corrected chi connectivity index (χ1v) is 11.8. The van der Waals surface area contributed by atoms with E-state index in [9.17, 15) is 9.59 Å². The molecule has 3 aromatic rings. The summed E-state index contributed by atoms with van der Waals surface area (Å²) in [6.45, 7) is 4.45. The van der Waals surface area contributed by atoms with Crippen LogP contribution in [-0.4, -0.2) is 44.1 Å². The number of amides is 2. The predicted molar refractivity (Wildman–Crippen MR) is 139 cm³/mol. The average molecular weight is 491 g/mol. The fraction of sp³-hybridized carbons (Fsp3) is 0.310. The van der Waals surface area contributed by atoms with Crippen LogP contribution in [0.3, 0.4) is 0 Å². The average Bonchev–Trinajstić information content (AvgIpc) is 2.91. The van der Waals surface area contributed by atoms with Crippen LogP contribution in [0.25, 0.3) is 0 Å². The van der Waals surface area contributed by atoms with E-state index < -0.39 is 6.04 Å². The van der Waals surface area contributed by atoms with E-state index in [1.54, 1.807) is 45.3 Å². The van der Waals surface area contributed by atoms with Crippen LogP contribution in [0.1, 0.15) is 29.2 Å². The SMILES string of the molecule is COc1ccc(CN(C(=O)Cc2ccc(OC)c(OC)c2)[C@@H](C)C(=O)NCc2ccc(C)cc2)cc1. The van der Waals surface area contributed by atoms with Gasteiger partial charge in [-0.3, -0.25) is 9.59 Å². The second-order valence-electron chi connectivity index (χ2n) is 8.62. The van der Waals surface area contributed by atoms with E-state index in [4.69, 9.17) is 14.2 Å². The van der Waals surface area contributed by atoms with Crippen LogP contribution in [0.15, 0.2) is 66.7 Å². The zero-order valence-corrected chi connectivity index (χ0v) is 21.5. The Kier molecular flexibility index (Phi) is 9.33. The highest BCUT2D eigenvalue weighted by molar-refractivity contribution is 5.88. The molecule has 36 heavy (non-hydrogen) atoms. The first kappa shape index (κ1) is 26.6. The lowest BCUT2D eigenvalue weighted by Gasteiger charge is -2.29. The topological polar surface area (TPSA) is 77.1 Å². The molecule has 3 aromatic carbocycles. The zero-order chi connectivity index (χ0) is 26.1. The van der Waals surface area contributed by atoms with E-state index >= 15 is 0 Å². The van der Waals surface area contributed by atoms with Gasteiger partial charge >= 0.3 is 0 Å². The van der Waals surface area contributed by atoms with Gasteiger partial charge in [0.15, 0.2) is 11.5 Å². The molecule has 1 N–H and O–H groups in total. The number of benzene rings is 3. The molecule has 0 fully saturated rings. The van der Waals surface area contributed by atoms with Gasteiger partial charge in [-0.2, -0.15) is 0 Å². The van der Waals surface area contributed by atoms with Crippen molar-refractivity contribution >= 4 is 11.8 Å². The molecule has 0 saturated heterocycles. The number of nitrogens with one attached hydrogen (secondary N) is 1. The summed E-state index contributed by atoms with van der Waals surface area (Å²) in [6, 6.07) is 20.2. The third-order valence-corrected chi connectivity index (χ3v) is 6.07. The van der Waals surface area contributed by atoms with Crippen molar-refractivity contribution in [3.63, 3.8) is 0 Å². The Hall–Kier alpha value is -4.00. The smallest absolute Gasteiger partial charge is 0.242 e. The van der Waals surface area contributed by atoms with Gasteiger partial charge in [0, 0.05) is 13.1 Å². The molecular formula is C29H34N2O5. The molecule has 0 aliphatic carbocycles. The van der Waals surface area contributed by atoms with Crippen molar-refractivity contribution < 1.29 is 23.8 Å². The van der Waals surface area contributed by atoms with E-state index in [2.05, 4.69) is 5.32 Å². The van der Waals surface area contributed by atoms with Gasteiger partial charge in [0.05, 0.1) is 27.8 Å². The van der Waals surface area contributed by atoms with Gasteiger partial charge in [0.2, 0.25) is 11.8 Å². The van der Waals surface area contributed by atoms with Crippen molar-refractivity contribution in [3.8, 4) is 17.2 Å². The van der Waals surface area contributed by atoms with E-state index in [0.717, 1.165) is 28.0 Å². The lowest BCUT2D eigenvalue weighted by atomic mass is 10.1. The molecule has 0 aliphatic rings. The number of nitrogens with zero attached hydrogens (tertiary/aromatic N) is 1. The first-order valence-electron chi connectivity index (χ1n) is 11.8. The highest BCUT2D eigenvalue weighted by atomic mass is 16.5.